The van der Waals surface area contributed by atoms with Gasteiger partial charge >= 0.3 is 5.97 Å². The maximum absolute atomic E-state index is 12.8. The Labute approximate surface area is 178 Å². The van der Waals surface area contributed by atoms with Crippen LogP contribution >= 0.6 is 22.6 Å². The molecule has 0 amide bonds. The van der Waals surface area contributed by atoms with Crippen molar-refractivity contribution >= 4 is 34.2 Å². The lowest BCUT2D eigenvalue weighted by Gasteiger charge is -2.39. The van der Waals surface area contributed by atoms with E-state index in [1.807, 2.05) is 42.5 Å². The first kappa shape index (κ1) is 20.6. The number of rotatable bonds is 6. The second-order valence-corrected chi connectivity index (χ2v) is 8.15. The molecule has 28 heavy (non-hydrogen) atoms. The lowest BCUT2D eigenvalue weighted by molar-refractivity contribution is -0.144. The topological polar surface area (TPSA) is 78.3 Å². The number of benzene rings is 2. The van der Waals surface area contributed by atoms with Gasteiger partial charge in [0.1, 0.15) is 0 Å². The van der Waals surface area contributed by atoms with Gasteiger partial charge in [-0.3, -0.25) is 9.69 Å². The number of halogens is 1. The van der Waals surface area contributed by atoms with Gasteiger partial charge in [-0.1, -0.05) is 47.9 Å². The van der Waals surface area contributed by atoms with Crippen molar-refractivity contribution in [1.82, 2.24) is 4.90 Å². The Morgan fingerprint density at radius 1 is 1.32 bits per heavy atom. The molecule has 0 saturated carbocycles. The Morgan fingerprint density at radius 3 is 2.89 bits per heavy atom. The largest absolute Gasteiger partial charge is 0.469 e. The summed E-state index contributed by atoms with van der Waals surface area (Å²) in [6.07, 6.45) is 3.09. The Morgan fingerprint density at radius 2 is 2.14 bits per heavy atom. The van der Waals surface area contributed by atoms with Crippen LogP contribution in [0.5, 0.6) is 0 Å². The molecule has 0 spiro atoms. The first-order valence-electron chi connectivity index (χ1n) is 9.34. The fourth-order valence-electron chi connectivity index (χ4n) is 3.94. The third-order valence-corrected chi connectivity index (χ3v) is 5.90. The molecule has 2 aromatic rings. The second kappa shape index (κ2) is 9.91. The van der Waals surface area contributed by atoms with Crippen LogP contribution in [0.3, 0.4) is 0 Å². The smallest absolute Gasteiger partial charge is 0.314 e. The molecule has 1 aliphatic heterocycles. The van der Waals surface area contributed by atoms with Crippen molar-refractivity contribution in [2.45, 2.75) is 37.8 Å². The van der Waals surface area contributed by atoms with Crippen LogP contribution in [0.15, 0.2) is 53.6 Å². The van der Waals surface area contributed by atoms with Crippen LogP contribution in [0.4, 0.5) is 5.69 Å². The molecule has 1 fully saturated rings. The number of hydrogen-bond acceptors (Lipinski definition) is 4. The fourth-order valence-corrected chi connectivity index (χ4v) is 4.51. The number of likely N-dealkylation sites (tertiary alicyclic amines) is 1. The van der Waals surface area contributed by atoms with Crippen molar-refractivity contribution < 1.29 is 9.53 Å². The quantitative estimate of drug-likeness (QED) is 0.175. The van der Waals surface area contributed by atoms with Gasteiger partial charge in [-0.2, -0.15) is 0 Å². The van der Waals surface area contributed by atoms with Gasteiger partial charge in [0.2, 0.25) is 0 Å². The van der Waals surface area contributed by atoms with Crippen LogP contribution in [0, 0.1) is 3.57 Å². The van der Waals surface area contributed by atoms with E-state index in [0.717, 1.165) is 40.5 Å². The summed E-state index contributed by atoms with van der Waals surface area (Å²) in [5, 5.41) is 3.82. The van der Waals surface area contributed by atoms with Crippen molar-refractivity contribution in [3.8, 4) is 0 Å². The van der Waals surface area contributed by atoms with Gasteiger partial charge in [0.15, 0.2) is 0 Å². The van der Waals surface area contributed by atoms with E-state index in [4.69, 9.17) is 10.3 Å². The molecule has 2 aromatic carbocycles. The SMILES string of the molecule is COC(=O)[C@H](c1cccc(I)c1)[C@H]1CCCCN1Cc1ccccc1N=[N+]=[N-]. The summed E-state index contributed by atoms with van der Waals surface area (Å²) in [5.74, 6) is -0.547. The van der Waals surface area contributed by atoms with Crippen LogP contribution in [0.25, 0.3) is 10.4 Å². The zero-order valence-corrected chi connectivity index (χ0v) is 17.9. The third-order valence-electron chi connectivity index (χ3n) is 5.23. The molecule has 0 N–H and O–H groups in total. The lowest BCUT2D eigenvalue weighted by atomic mass is 9.84. The van der Waals surface area contributed by atoms with E-state index in [9.17, 15) is 4.79 Å². The van der Waals surface area contributed by atoms with Crippen molar-refractivity contribution in [2.75, 3.05) is 13.7 Å². The predicted molar refractivity (Wildman–Crippen MR) is 117 cm³/mol. The normalized spacial score (nSPS) is 18.1. The number of carbonyl (C=O) groups excluding carboxylic acids is 1. The average molecular weight is 490 g/mol. The van der Waals surface area contributed by atoms with Crippen LogP contribution in [-0.4, -0.2) is 30.6 Å². The minimum Gasteiger partial charge on any atom is -0.469 e. The van der Waals surface area contributed by atoms with Crippen molar-refractivity contribution in [3.63, 3.8) is 0 Å². The van der Waals surface area contributed by atoms with Gasteiger partial charge < -0.3 is 4.74 Å². The average Bonchev–Trinajstić information content (AvgIpc) is 2.71. The van der Waals surface area contributed by atoms with Gasteiger partial charge in [-0.25, -0.2) is 0 Å². The molecular formula is C21H23IN4O2. The maximum Gasteiger partial charge on any atom is 0.314 e. The van der Waals surface area contributed by atoms with Crippen molar-refractivity contribution in [3.05, 3.63) is 73.7 Å². The number of ether oxygens (including phenoxy) is 1. The number of nitrogens with zero attached hydrogens (tertiary/aromatic N) is 4. The maximum atomic E-state index is 12.8. The molecule has 2 atom stereocenters. The molecule has 1 heterocycles. The van der Waals surface area contributed by atoms with E-state index in [-0.39, 0.29) is 17.9 Å². The molecule has 6 nitrogen and oxygen atoms in total. The molecule has 0 aromatic heterocycles. The monoisotopic (exact) mass is 490 g/mol. The van der Waals surface area contributed by atoms with Crippen LogP contribution < -0.4 is 0 Å². The predicted octanol–water partition coefficient (Wildman–Crippen LogP) is 5.54. The minimum atomic E-state index is -0.341. The Balaban J connectivity index is 1.94. The molecule has 0 unspecified atom stereocenters. The lowest BCUT2D eigenvalue weighted by Crippen LogP contribution is -2.45. The highest BCUT2D eigenvalue weighted by Crippen LogP contribution is 2.34. The highest BCUT2D eigenvalue weighted by atomic mass is 127. The standard InChI is InChI=1S/C21H23IN4O2/c1-28-21(27)20(15-8-6-9-17(22)13-15)19-11-4-5-12-26(19)14-16-7-2-3-10-18(16)24-25-23/h2-3,6-10,13,19-20H,4-5,11-12,14H2,1H3/t19-,20-/m1/s1. The molecule has 1 saturated heterocycles. The highest BCUT2D eigenvalue weighted by Gasteiger charge is 2.36. The van der Waals surface area contributed by atoms with E-state index in [1.54, 1.807) is 0 Å². The molecular weight excluding hydrogens is 467 g/mol. The number of carbonyl (C=O) groups is 1. The number of azide groups is 1. The number of methoxy groups -OCH3 is 1. The van der Waals surface area contributed by atoms with Gasteiger partial charge in [0.25, 0.3) is 0 Å². The first-order valence-corrected chi connectivity index (χ1v) is 10.4. The summed E-state index contributed by atoms with van der Waals surface area (Å²) in [4.78, 5) is 18.0. The minimum absolute atomic E-state index is 0.0403. The molecule has 1 aliphatic rings. The summed E-state index contributed by atoms with van der Waals surface area (Å²) < 4.78 is 6.28. The summed E-state index contributed by atoms with van der Waals surface area (Å²) in [7, 11) is 1.45. The number of esters is 1. The summed E-state index contributed by atoms with van der Waals surface area (Å²) in [6.45, 7) is 1.53. The van der Waals surface area contributed by atoms with Crippen LogP contribution in [0.1, 0.15) is 36.3 Å². The third kappa shape index (κ3) is 4.84. The summed E-state index contributed by atoms with van der Waals surface area (Å²) in [6, 6.07) is 15.7. The summed E-state index contributed by atoms with van der Waals surface area (Å²) >= 11 is 2.27. The van der Waals surface area contributed by atoms with Gasteiger partial charge in [0, 0.05) is 26.8 Å². The zero-order chi connectivity index (χ0) is 19.9. The van der Waals surface area contributed by atoms with E-state index in [2.05, 4.69) is 43.6 Å². The molecule has 0 bridgehead atoms. The Kier molecular flexibility index (Phi) is 7.30. The molecule has 7 heteroatoms. The summed E-state index contributed by atoms with van der Waals surface area (Å²) in [5.41, 5.74) is 11.4. The molecule has 0 aliphatic carbocycles. The molecule has 146 valence electrons. The van der Waals surface area contributed by atoms with Crippen LogP contribution in [-0.2, 0) is 16.1 Å². The Hall–Kier alpha value is -2.09. The molecule has 3 rings (SSSR count). The van der Waals surface area contributed by atoms with E-state index < -0.39 is 0 Å². The number of piperidine rings is 1. The molecule has 0 radical (unpaired) electrons. The zero-order valence-electron chi connectivity index (χ0n) is 15.8. The van der Waals surface area contributed by atoms with E-state index >= 15 is 0 Å². The van der Waals surface area contributed by atoms with Crippen LogP contribution in [0.2, 0.25) is 0 Å². The van der Waals surface area contributed by atoms with Crippen molar-refractivity contribution in [1.29, 1.82) is 0 Å². The fraction of sp³-hybridized carbons (Fsp3) is 0.381. The van der Waals surface area contributed by atoms with Crippen molar-refractivity contribution in [2.24, 2.45) is 5.11 Å². The van der Waals surface area contributed by atoms with E-state index in [1.165, 1.54) is 7.11 Å². The van der Waals surface area contributed by atoms with Gasteiger partial charge in [-0.15, -0.1) is 0 Å². The number of hydrogen-bond donors (Lipinski definition) is 0. The second-order valence-electron chi connectivity index (χ2n) is 6.91. The highest BCUT2D eigenvalue weighted by molar-refractivity contribution is 14.1. The Bertz CT molecular complexity index is 882. The van der Waals surface area contributed by atoms with E-state index in [0.29, 0.717) is 12.2 Å². The first-order chi connectivity index (χ1) is 13.6. The van der Waals surface area contributed by atoms with Gasteiger partial charge in [0.05, 0.1) is 13.0 Å². The van der Waals surface area contributed by atoms with Gasteiger partial charge in [-0.05, 0) is 70.8 Å².